The highest BCUT2D eigenvalue weighted by atomic mass is 16.5. The molecule has 3 heteroatoms. The Morgan fingerprint density at radius 3 is 2.61 bits per heavy atom. The van der Waals surface area contributed by atoms with Crippen molar-refractivity contribution in [1.82, 2.24) is 4.90 Å². The molecule has 18 heavy (non-hydrogen) atoms. The van der Waals surface area contributed by atoms with Crippen molar-refractivity contribution in [3.8, 4) is 5.75 Å². The molecule has 1 aromatic rings. The summed E-state index contributed by atoms with van der Waals surface area (Å²) in [6.45, 7) is 7.45. The van der Waals surface area contributed by atoms with E-state index in [9.17, 15) is 5.11 Å². The second kappa shape index (κ2) is 5.72. The van der Waals surface area contributed by atoms with E-state index in [0.717, 1.165) is 38.2 Å². The predicted molar refractivity (Wildman–Crippen MR) is 72.7 cm³/mol. The molecule has 0 bridgehead atoms. The Labute approximate surface area is 109 Å². The van der Waals surface area contributed by atoms with Gasteiger partial charge >= 0.3 is 0 Å². The van der Waals surface area contributed by atoms with Crippen molar-refractivity contribution in [2.24, 2.45) is 0 Å². The maximum Gasteiger partial charge on any atom is 0.123 e. The third-order valence-corrected chi connectivity index (χ3v) is 3.60. The second-order valence-corrected chi connectivity index (χ2v) is 5.31. The normalized spacial score (nSPS) is 19.7. The molecule has 1 N–H and O–H groups in total. The van der Waals surface area contributed by atoms with Gasteiger partial charge in [-0.05, 0) is 32.8 Å². The first kappa shape index (κ1) is 13.4. The Kier molecular flexibility index (Phi) is 4.25. The fourth-order valence-electron chi connectivity index (χ4n) is 2.36. The lowest BCUT2D eigenvalue weighted by atomic mass is 9.93. The van der Waals surface area contributed by atoms with Crippen LogP contribution in [0.1, 0.15) is 32.3 Å². The number of hydrogen-bond donors (Lipinski definition) is 1. The highest BCUT2D eigenvalue weighted by Crippen LogP contribution is 2.25. The maximum atomic E-state index is 9.95. The first-order chi connectivity index (χ1) is 8.61. The second-order valence-electron chi connectivity index (χ2n) is 5.31. The van der Waals surface area contributed by atoms with Crippen LogP contribution in [0.2, 0.25) is 0 Å². The van der Waals surface area contributed by atoms with Gasteiger partial charge in [-0.2, -0.15) is 0 Å². The number of para-hydroxylation sites is 1. The van der Waals surface area contributed by atoms with Gasteiger partial charge < -0.3 is 9.84 Å². The maximum absolute atomic E-state index is 9.95. The number of ether oxygens (including phenoxy) is 1. The average molecular weight is 249 g/mol. The Morgan fingerprint density at radius 2 is 1.94 bits per heavy atom. The van der Waals surface area contributed by atoms with Gasteiger partial charge in [0.1, 0.15) is 5.75 Å². The standard InChI is InChI=1S/C15H23NO2/c1-3-18-14-7-5-4-6-13(14)12-16-10-8-15(2,17)9-11-16/h4-7,17H,3,8-12H2,1-2H3. The summed E-state index contributed by atoms with van der Waals surface area (Å²) in [6.07, 6.45) is 1.70. The molecule has 1 aliphatic heterocycles. The minimum atomic E-state index is -0.476. The molecule has 100 valence electrons. The minimum Gasteiger partial charge on any atom is -0.494 e. The van der Waals surface area contributed by atoms with Gasteiger partial charge in [-0.15, -0.1) is 0 Å². The van der Waals surface area contributed by atoms with Crippen molar-refractivity contribution in [3.63, 3.8) is 0 Å². The molecule has 0 saturated carbocycles. The van der Waals surface area contributed by atoms with Crippen LogP contribution in [0.3, 0.4) is 0 Å². The highest BCUT2D eigenvalue weighted by Gasteiger charge is 2.27. The summed E-state index contributed by atoms with van der Waals surface area (Å²) in [4.78, 5) is 2.38. The molecule has 1 aliphatic rings. The molecule has 3 nitrogen and oxygen atoms in total. The van der Waals surface area contributed by atoms with Gasteiger partial charge in [0.2, 0.25) is 0 Å². The summed E-state index contributed by atoms with van der Waals surface area (Å²) in [5.74, 6) is 0.984. The number of piperidine rings is 1. The van der Waals surface area contributed by atoms with E-state index in [4.69, 9.17) is 4.74 Å². The molecular formula is C15H23NO2. The number of benzene rings is 1. The summed E-state index contributed by atoms with van der Waals surface area (Å²) in [6, 6.07) is 8.21. The third-order valence-electron chi connectivity index (χ3n) is 3.60. The Bertz CT molecular complexity index is 380. The van der Waals surface area contributed by atoms with E-state index in [1.165, 1.54) is 5.56 Å². The van der Waals surface area contributed by atoms with Crippen LogP contribution < -0.4 is 4.74 Å². The first-order valence-electron chi connectivity index (χ1n) is 6.76. The first-order valence-corrected chi connectivity index (χ1v) is 6.76. The fourth-order valence-corrected chi connectivity index (χ4v) is 2.36. The summed E-state index contributed by atoms with van der Waals surface area (Å²) in [5, 5.41) is 9.95. The number of likely N-dealkylation sites (tertiary alicyclic amines) is 1. The predicted octanol–water partition coefficient (Wildman–Crippen LogP) is 2.43. The lowest BCUT2D eigenvalue weighted by Crippen LogP contribution is -2.41. The molecule has 2 rings (SSSR count). The van der Waals surface area contributed by atoms with Crippen LogP contribution in [0.25, 0.3) is 0 Å². The van der Waals surface area contributed by atoms with E-state index in [2.05, 4.69) is 17.0 Å². The average Bonchev–Trinajstić information content (AvgIpc) is 2.35. The third kappa shape index (κ3) is 3.47. The van der Waals surface area contributed by atoms with E-state index >= 15 is 0 Å². The number of hydrogen-bond acceptors (Lipinski definition) is 3. The molecule has 0 atom stereocenters. The lowest BCUT2D eigenvalue weighted by Gasteiger charge is -2.35. The quantitative estimate of drug-likeness (QED) is 0.889. The van der Waals surface area contributed by atoms with E-state index in [-0.39, 0.29) is 0 Å². The van der Waals surface area contributed by atoms with Crippen molar-refractivity contribution in [1.29, 1.82) is 0 Å². The SMILES string of the molecule is CCOc1ccccc1CN1CCC(C)(O)CC1. The number of rotatable bonds is 4. The van der Waals surface area contributed by atoms with Crippen molar-refractivity contribution in [3.05, 3.63) is 29.8 Å². The van der Waals surface area contributed by atoms with Gasteiger partial charge in [0.15, 0.2) is 0 Å². The zero-order valence-electron chi connectivity index (χ0n) is 11.4. The molecule has 1 aromatic carbocycles. The molecular weight excluding hydrogens is 226 g/mol. The summed E-state index contributed by atoms with van der Waals surface area (Å²) in [5.41, 5.74) is 0.761. The minimum absolute atomic E-state index is 0.476. The Balaban J connectivity index is 1.97. The van der Waals surface area contributed by atoms with E-state index in [0.29, 0.717) is 6.61 Å². The van der Waals surface area contributed by atoms with Crippen LogP contribution in [-0.2, 0) is 6.54 Å². The van der Waals surface area contributed by atoms with Crippen LogP contribution >= 0.6 is 0 Å². The fraction of sp³-hybridized carbons (Fsp3) is 0.600. The number of aliphatic hydroxyl groups is 1. The number of nitrogens with zero attached hydrogens (tertiary/aromatic N) is 1. The van der Waals surface area contributed by atoms with Gasteiger partial charge in [0, 0.05) is 25.2 Å². The molecule has 0 unspecified atom stereocenters. The van der Waals surface area contributed by atoms with Crippen LogP contribution in [0.15, 0.2) is 24.3 Å². The van der Waals surface area contributed by atoms with Crippen LogP contribution in [0.5, 0.6) is 5.75 Å². The van der Waals surface area contributed by atoms with Gasteiger partial charge in [-0.3, -0.25) is 4.90 Å². The molecule has 1 fully saturated rings. The molecule has 0 aliphatic carbocycles. The van der Waals surface area contributed by atoms with E-state index in [1.54, 1.807) is 0 Å². The van der Waals surface area contributed by atoms with E-state index in [1.807, 2.05) is 26.0 Å². The van der Waals surface area contributed by atoms with Gasteiger partial charge in [-0.1, -0.05) is 18.2 Å². The van der Waals surface area contributed by atoms with Crippen LogP contribution in [-0.4, -0.2) is 35.3 Å². The van der Waals surface area contributed by atoms with Gasteiger partial charge in [0.25, 0.3) is 0 Å². The zero-order chi connectivity index (χ0) is 13.0. The Morgan fingerprint density at radius 1 is 1.28 bits per heavy atom. The van der Waals surface area contributed by atoms with Crippen LogP contribution in [0, 0.1) is 0 Å². The van der Waals surface area contributed by atoms with Crippen LogP contribution in [0.4, 0.5) is 0 Å². The summed E-state index contributed by atoms with van der Waals surface area (Å²) in [7, 11) is 0. The zero-order valence-corrected chi connectivity index (χ0v) is 11.4. The molecule has 1 heterocycles. The Hall–Kier alpha value is -1.06. The topological polar surface area (TPSA) is 32.7 Å². The molecule has 0 amide bonds. The van der Waals surface area contributed by atoms with Crippen molar-refractivity contribution in [2.75, 3.05) is 19.7 Å². The highest BCUT2D eigenvalue weighted by molar-refractivity contribution is 5.33. The summed E-state index contributed by atoms with van der Waals surface area (Å²) >= 11 is 0. The summed E-state index contributed by atoms with van der Waals surface area (Å²) < 4.78 is 5.64. The largest absolute Gasteiger partial charge is 0.494 e. The van der Waals surface area contributed by atoms with Gasteiger partial charge in [0.05, 0.1) is 12.2 Å². The smallest absolute Gasteiger partial charge is 0.123 e. The molecule has 0 radical (unpaired) electrons. The van der Waals surface area contributed by atoms with Crippen molar-refractivity contribution >= 4 is 0 Å². The van der Waals surface area contributed by atoms with Gasteiger partial charge in [-0.25, -0.2) is 0 Å². The van der Waals surface area contributed by atoms with E-state index < -0.39 is 5.60 Å². The van der Waals surface area contributed by atoms with Crippen molar-refractivity contribution < 1.29 is 9.84 Å². The molecule has 0 spiro atoms. The monoisotopic (exact) mass is 249 g/mol. The molecule has 1 saturated heterocycles. The van der Waals surface area contributed by atoms with Crippen molar-refractivity contribution in [2.45, 2.75) is 38.8 Å². The lowest BCUT2D eigenvalue weighted by molar-refractivity contribution is -0.00743. The molecule has 0 aromatic heterocycles.